The van der Waals surface area contributed by atoms with E-state index < -0.39 is 17.4 Å². The molecule has 1 aromatic carbocycles. The van der Waals surface area contributed by atoms with Crippen molar-refractivity contribution in [1.82, 2.24) is 5.01 Å². The Morgan fingerprint density at radius 3 is 2.30 bits per heavy atom. The normalized spacial score (nSPS) is 34.3. The van der Waals surface area contributed by atoms with Crippen LogP contribution in [-0.4, -0.2) is 60.4 Å². The Labute approximate surface area is 339 Å². The molecule has 1 aromatic rings. The number of benzene rings is 1. The van der Waals surface area contributed by atoms with Gasteiger partial charge >= 0.3 is 11.9 Å². The van der Waals surface area contributed by atoms with Crippen molar-refractivity contribution in [2.45, 2.75) is 125 Å². The first-order valence-corrected chi connectivity index (χ1v) is 21.5. The highest BCUT2D eigenvalue weighted by Gasteiger charge is 2.65. The third-order valence-corrected chi connectivity index (χ3v) is 16.0. The van der Waals surface area contributed by atoms with Crippen LogP contribution in [0.5, 0.6) is 0 Å². The maximum Gasteiger partial charge on any atom is 0.309 e. The Morgan fingerprint density at radius 2 is 1.68 bits per heavy atom. The van der Waals surface area contributed by atoms with Crippen molar-refractivity contribution < 1.29 is 29.0 Å². The fourth-order valence-corrected chi connectivity index (χ4v) is 13.2. The van der Waals surface area contributed by atoms with Gasteiger partial charge in [-0.25, -0.2) is 0 Å². The second-order valence-electron chi connectivity index (χ2n) is 19.6. The number of aldehydes is 1. The van der Waals surface area contributed by atoms with Crippen LogP contribution in [-0.2, 0) is 23.9 Å². The van der Waals surface area contributed by atoms with Gasteiger partial charge in [-0.2, -0.15) is 0 Å². The molecule has 5 aliphatic carbocycles. The SMILES string of the molecule is CC(C)C1=C2C3CC[C@H]4C(C)(CC[C@H]5C(C)C(OC(=O)CC(C)(C)C(=O)O)CCC54C)C3CCC2(C/C(=C/C=O)N(CCN)N(C)c2ccc(Cl)cc2)CC1=O. The van der Waals surface area contributed by atoms with Crippen LogP contribution < -0.4 is 10.7 Å². The fraction of sp³-hybridized carbons (Fsp3) is 0.696. The third-order valence-electron chi connectivity index (χ3n) is 15.7. The summed E-state index contributed by atoms with van der Waals surface area (Å²) in [5, 5.41) is 14.4. The topological polar surface area (TPSA) is 130 Å². The van der Waals surface area contributed by atoms with Crippen molar-refractivity contribution >= 4 is 41.3 Å². The number of Topliss-reactive ketones (excluding diaryl/α,β-unsaturated/α-hetero) is 1. The van der Waals surface area contributed by atoms with Crippen molar-refractivity contribution in [3.63, 3.8) is 0 Å². The summed E-state index contributed by atoms with van der Waals surface area (Å²) < 4.78 is 6.07. The number of ether oxygens (including phenoxy) is 1. The quantitative estimate of drug-likeness (QED) is 0.0870. The van der Waals surface area contributed by atoms with Gasteiger partial charge in [-0.15, -0.1) is 0 Å². The summed E-state index contributed by atoms with van der Waals surface area (Å²) in [6.45, 7) is 15.7. The summed E-state index contributed by atoms with van der Waals surface area (Å²) in [7, 11) is 1.99. The molecule has 4 fully saturated rings. The van der Waals surface area contributed by atoms with Crippen LogP contribution in [0.2, 0.25) is 5.02 Å². The highest BCUT2D eigenvalue weighted by Crippen LogP contribution is 2.72. The van der Waals surface area contributed by atoms with Gasteiger partial charge in [-0.3, -0.25) is 29.2 Å². The number of carboxylic acids is 1. The molecule has 6 rings (SSSR count). The molecule has 308 valence electrons. The Bertz CT molecular complexity index is 1750. The van der Waals surface area contributed by atoms with Crippen molar-refractivity contribution in [3.8, 4) is 0 Å². The lowest BCUT2D eigenvalue weighted by atomic mass is 9.38. The summed E-state index contributed by atoms with van der Waals surface area (Å²) in [5.74, 6) is 0.885. The first kappa shape index (κ1) is 42.4. The number of carbonyl (C=O) groups is 4. The first-order valence-electron chi connectivity index (χ1n) is 21.2. The molecular weight excluding hydrogens is 726 g/mol. The number of ketones is 1. The number of hydrazine groups is 1. The van der Waals surface area contributed by atoms with Crippen LogP contribution in [0.3, 0.4) is 0 Å². The summed E-state index contributed by atoms with van der Waals surface area (Å²) >= 11 is 6.24. The number of esters is 1. The number of carbonyl (C=O) groups excluding carboxylic acids is 3. The number of carboxylic acid groups (broad SMARTS) is 1. The number of anilines is 1. The monoisotopic (exact) mass is 791 g/mol. The zero-order chi connectivity index (χ0) is 41.0. The molecule has 10 heteroatoms. The van der Waals surface area contributed by atoms with E-state index in [1.54, 1.807) is 19.9 Å². The second-order valence-corrected chi connectivity index (χ2v) is 20.0. The number of fused-ring (bicyclic) bond motifs is 7. The second kappa shape index (κ2) is 15.9. The van der Waals surface area contributed by atoms with Crippen molar-refractivity contribution in [2.75, 3.05) is 25.1 Å². The number of hydrogen-bond donors (Lipinski definition) is 2. The van der Waals surface area contributed by atoms with Gasteiger partial charge in [0.15, 0.2) is 5.78 Å². The van der Waals surface area contributed by atoms with Crippen LogP contribution in [0.25, 0.3) is 0 Å². The van der Waals surface area contributed by atoms with E-state index in [1.807, 2.05) is 36.3 Å². The van der Waals surface area contributed by atoms with E-state index in [-0.39, 0.29) is 46.4 Å². The summed E-state index contributed by atoms with van der Waals surface area (Å²) in [4.78, 5) is 51.3. The Balaban J connectivity index is 1.28. The van der Waals surface area contributed by atoms with Crippen molar-refractivity contribution in [2.24, 2.45) is 62.9 Å². The molecule has 0 saturated heterocycles. The fourth-order valence-electron chi connectivity index (χ4n) is 13.1. The van der Waals surface area contributed by atoms with Crippen LogP contribution >= 0.6 is 11.6 Å². The molecule has 9 atom stereocenters. The smallest absolute Gasteiger partial charge is 0.309 e. The predicted octanol–water partition coefficient (Wildman–Crippen LogP) is 9.04. The molecule has 0 amide bonds. The van der Waals surface area contributed by atoms with E-state index >= 15 is 0 Å². The van der Waals surface area contributed by atoms with Gasteiger partial charge in [0, 0.05) is 36.1 Å². The zero-order valence-corrected chi connectivity index (χ0v) is 35.8. The van der Waals surface area contributed by atoms with Crippen LogP contribution in [0, 0.1) is 57.2 Å². The van der Waals surface area contributed by atoms with Crippen LogP contribution in [0.4, 0.5) is 5.69 Å². The number of hydrogen-bond acceptors (Lipinski definition) is 8. The van der Waals surface area contributed by atoms with Gasteiger partial charge < -0.3 is 15.6 Å². The summed E-state index contributed by atoms with van der Waals surface area (Å²) in [6.07, 6.45) is 11.4. The maximum atomic E-state index is 14.3. The molecule has 56 heavy (non-hydrogen) atoms. The highest BCUT2D eigenvalue weighted by molar-refractivity contribution is 6.30. The molecule has 5 aliphatic rings. The average Bonchev–Trinajstić information content (AvgIpc) is 3.43. The number of rotatable bonds is 13. The largest absolute Gasteiger partial charge is 0.481 e. The van der Waals surface area contributed by atoms with Crippen LogP contribution in [0.1, 0.15) is 119 Å². The minimum Gasteiger partial charge on any atom is -0.481 e. The predicted molar refractivity (Wildman–Crippen MR) is 220 cm³/mol. The average molecular weight is 793 g/mol. The van der Waals surface area contributed by atoms with Gasteiger partial charge in [-0.05, 0) is 154 Å². The molecular formula is C46H66ClN3O6. The summed E-state index contributed by atoms with van der Waals surface area (Å²) in [6, 6.07) is 7.65. The Kier molecular flexibility index (Phi) is 12.0. The molecule has 7 unspecified atom stereocenters. The minimum atomic E-state index is -1.16. The lowest BCUT2D eigenvalue weighted by molar-refractivity contribution is -0.192. The van der Waals surface area contributed by atoms with E-state index in [4.69, 9.17) is 22.1 Å². The maximum absolute atomic E-state index is 14.3. The molecule has 9 nitrogen and oxygen atoms in total. The molecule has 0 aliphatic heterocycles. The van der Waals surface area contributed by atoms with E-state index in [0.717, 1.165) is 74.6 Å². The van der Waals surface area contributed by atoms with E-state index in [1.165, 1.54) is 5.57 Å². The molecule has 0 bridgehead atoms. The van der Waals surface area contributed by atoms with E-state index in [9.17, 15) is 24.3 Å². The third kappa shape index (κ3) is 7.37. The van der Waals surface area contributed by atoms with E-state index in [2.05, 4.69) is 39.6 Å². The lowest BCUT2D eigenvalue weighted by Gasteiger charge is -2.67. The van der Waals surface area contributed by atoms with Gasteiger partial charge in [0.05, 0.1) is 24.1 Å². The van der Waals surface area contributed by atoms with Gasteiger partial charge in [0.25, 0.3) is 0 Å². The van der Waals surface area contributed by atoms with Gasteiger partial charge in [0.1, 0.15) is 12.4 Å². The molecule has 3 N–H and O–H groups in total. The molecule has 0 aromatic heterocycles. The Hall–Kier alpha value is -3.17. The minimum absolute atomic E-state index is 0.102. The zero-order valence-electron chi connectivity index (χ0n) is 35.0. The number of aliphatic carboxylic acids is 1. The van der Waals surface area contributed by atoms with Gasteiger partial charge in [0.2, 0.25) is 0 Å². The number of nitrogens with zero attached hydrogens (tertiary/aromatic N) is 2. The van der Waals surface area contributed by atoms with Crippen molar-refractivity contribution in [3.05, 3.63) is 52.2 Å². The van der Waals surface area contributed by atoms with Crippen LogP contribution in [0.15, 0.2) is 47.2 Å². The van der Waals surface area contributed by atoms with E-state index in [0.29, 0.717) is 54.6 Å². The number of halogens is 1. The highest BCUT2D eigenvalue weighted by atomic mass is 35.5. The lowest BCUT2D eigenvalue weighted by Crippen LogP contribution is -2.60. The number of nitrogens with two attached hydrogens (primary N) is 1. The summed E-state index contributed by atoms with van der Waals surface area (Å²) in [5.41, 5.74) is 9.13. The molecule has 4 saturated carbocycles. The Morgan fingerprint density at radius 1 is 1.04 bits per heavy atom. The molecule has 0 heterocycles. The standard InChI is InChI=1S/C46H66ClN3O6/c1-28(2)40-36(52)26-46(25-32(18-24-51)50(23-22-48)49(8)31-11-9-30(47)10-12-31)21-16-35-33(41(40)46)13-14-38-44(6)20-17-37(29(3)34(44)15-19-45(35,38)7)56-39(53)27-43(4,5)42(54)55/h9-12,18,24,28-29,33-35,37-38H,13-17,19-23,25-27,48H2,1-8H3,(H,54,55)/b32-18-/t29?,33?,34-,35?,37?,38+,44?,45?,46?/m0/s1. The first-order chi connectivity index (χ1) is 26.3. The van der Waals surface area contributed by atoms with Crippen molar-refractivity contribution in [1.29, 1.82) is 0 Å². The number of allylic oxidation sites excluding steroid dienone is 4. The van der Waals surface area contributed by atoms with Gasteiger partial charge in [-0.1, -0.05) is 51.8 Å². The molecule has 0 spiro atoms. The molecule has 0 radical (unpaired) electrons.